The average Bonchev–Trinajstić information content (AvgIpc) is 2.69. The van der Waals surface area contributed by atoms with Crippen LogP contribution < -0.4 is 0 Å². The van der Waals surface area contributed by atoms with E-state index in [1.807, 2.05) is 27.7 Å². The van der Waals surface area contributed by atoms with E-state index in [4.69, 9.17) is 32.7 Å². The zero-order valence-corrected chi connectivity index (χ0v) is 14.7. The number of thiophene rings is 1. The molecule has 0 atom stereocenters. The summed E-state index contributed by atoms with van der Waals surface area (Å²) in [6, 6.07) is 0. The molecule has 1 rings (SSSR count). The number of carbonyl (C=O) groups excluding carboxylic acids is 2. The lowest BCUT2D eigenvalue weighted by Gasteiger charge is -2.09. The molecule has 1 aromatic heterocycles. The van der Waals surface area contributed by atoms with Crippen LogP contribution in [0.4, 0.5) is 0 Å². The lowest BCUT2D eigenvalue weighted by atomic mass is 10.2. The number of hydrogen-bond acceptors (Lipinski definition) is 5. The minimum Gasteiger partial charge on any atom is -0.462 e. The maximum atomic E-state index is 12.1. The first-order valence-electron chi connectivity index (χ1n) is 6.56. The van der Waals surface area contributed by atoms with Gasteiger partial charge in [0.1, 0.15) is 14.8 Å². The van der Waals surface area contributed by atoms with Crippen molar-refractivity contribution in [3.63, 3.8) is 0 Å². The zero-order valence-electron chi connectivity index (χ0n) is 12.4. The Balaban J connectivity index is 2.97. The van der Waals surface area contributed by atoms with Crippen molar-refractivity contribution >= 4 is 46.5 Å². The maximum absolute atomic E-state index is 12.1. The summed E-state index contributed by atoms with van der Waals surface area (Å²) in [4.78, 5) is 24.2. The van der Waals surface area contributed by atoms with Gasteiger partial charge in [0, 0.05) is 0 Å². The molecule has 0 saturated heterocycles. The van der Waals surface area contributed by atoms with Crippen LogP contribution in [0.2, 0.25) is 9.36 Å². The van der Waals surface area contributed by atoms with E-state index in [-0.39, 0.29) is 44.8 Å². The molecule has 7 heteroatoms. The number of ether oxygens (including phenoxy) is 2. The molecule has 0 radical (unpaired) electrons. The molecular formula is C14H18Cl2O4S. The summed E-state index contributed by atoms with van der Waals surface area (Å²) >= 11 is 12.8. The van der Waals surface area contributed by atoms with E-state index in [1.165, 1.54) is 0 Å². The van der Waals surface area contributed by atoms with E-state index in [0.717, 1.165) is 11.3 Å². The van der Waals surface area contributed by atoms with Gasteiger partial charge in [-0.2, -0.15) is 0 Å². The van der Waals surface area contributed by atoms with Gasteiger partial charge in [0.25, 0.3) is 0 Å². The Bertz CT molecular complexity index is 523. The van der Waals surface area contributed by atoms with Gasteiger partial charge in [-0.25, -0.2) is 9.59 Å². The van der Waals surface area contributed by atoms with E-state index in [1.54, 1.807) is 0 Å². The third-order valence-electron chi connectivity index (χ3n) is 2.30. The van der Waals surface area contributed by atoms with Crippen LogP contribution in [0.5, 0.6) is 0 Å². The monoisotopic (exact) mass is 352 g/mol. The lowest BCUT2D eigenvalue weighted by molar-refractivity contribution is 0.0417. The number of rotatable bonds is 6. The highest BCUT2D eigenvalue weighted by molar-refractivity contribution is 7.19. The topological polar surface area (TPSA) is 52.6 Å². The molecule has 0 fully saturated rings. The van der Waals surface area contributed by atoms with Crippen molar-refractivity contribution in [3.05, 3.63) is 19.8 Å². The SMILES string of the molecule is CC(C)COC(=O)c1sc(Cl)c(Cl)c1C(=O)OCC(C)C. The lowest BCUT2D eigenvalue weighted by Crippen LogP contribution is -2.15. The van der Waals surface area contributed by atoms with Gasteiger partial charge in [-0.05, 0) is 11.8 Å². The van der Waals surface area contributed by atoms with Gasteiger partial charge < -0.3 is 9.47 Å². The molecule has 0 amide bonds. The standard InChI is InChI=1S/C14H18Cl2O4S/c1-7(2)5-19-13(17)9-10(15)12(16)21-11(9)14(18)20-6-8(3)4/h7-8H,5-6H2,1-4H3. The Morgan fingerprint density at radius 3 is 1.95 bits per heavy atom. The summed E-state index contributed by atoms with van der Waals surface area (Å²) in [6.07, 6.45) is 0. The van der Waals surface area contributed by atoms with E-state index < -0.39 is 11.9 Å². The largest absolute Gasteiger partial charge is 0.462 e. The Kier molecular flexibility index (Phi) is 6.97. The van der Waals surface area contributed by atoms with Crippen molar-refractivity contribution < 1.29 is 19.1 Å². The highest BCUT2D eigenvalue weighted by Gasteiger charge is 2.28. The van der Waals surface area contributed by atoms with Gasteiger partial charge in [-0.15, -0.1) is 11.3 Å². The van der Waals surface area contributed by atoms with Crippen molar-refractivity contribution in [2.45, 2.75) is 27.7 Å². The maximum Gasteiger partial charge on any atom is 0.349 e. The quantitative estimate of drug-likeness (QED) is 0.697. The molecule has 0 aliphatic rings. The fraction of sp³-hybridized carbons (Fsp3) is 0.571. The van der Waals surface area contributed by atoms with E-state index in [9.17, 15) is 9.59 Å². The van der Waals surface area contributed by atoms with Crippen molar-refractivity contribution in [2.24, 2.45) is 11.8 Å². The Morgan fingerprint density at radius 1 is 1.00 bits per heavy atom. The van der Waals surface area contributed by atoms with Gasteiger partial charge in [0.05, 0.1) is 18.2 Å². The van der Waals surface area contributed by atoms with Gasteiger partial charge >= 0.3 is 11.9 Å². The minimum absolute atomic E-state index is 0.0129. The van der Waals surface area contributed by atoms with Gasteiger partial charge in [-0.1, -0.05) is 50.9 Å². The predicted octanol–water partition coefficient (Wildman–Crippen LogP) is 4.68. The molecular weight excluding hydrogens is 335 g/mol. The molecule has 0 spiro atoms. The van der Waals surface area contributed by atoms with Crippen LogP contribution in [-0.2, 0) is 9.47 Å². The first-order chi connectivity index (χ1) is 9.73. The third-order valence-corrected chi connectivity index (χ3v) is 4.26. The van der Waals surface area contributed by atoms with E-state index in [0.29, 0.717) is 0 Å². The number of carbonyl (C=O) groups is 2. The molecule has 0 unspecified atom stereocenters. The molecule has 1 heterocycles. The van der Waals surface area contributed by atoms with Crippen molar-refractivity contribution in [2.75, 3.05) is 13.2 Å². The fourth-order valence-electron chi connectivity index (χ4n) is 1.33. The molecule has 0 N–H and O–H groups in total. The van der Waals surface area contributed by atoms with Crippen LogP contribution in [0.3, 0.4) is 0 Å². The molecule has 1 aromatic rings. The molecule has 0 aliphatic carbocycles. The van der Waals surface area contributed by atoms with Crippen LogP contribution in [0, 0.1) is 11.8 Å². The van der Waals surface area contributed by atoms with Crippen molar-refractivity contribution in [1.82, 2.24) is 0 Å². The Labute approximate surface area is 138 Å². The molecule has 4 nitrogen and oxygen atoms in total. The van der Waals surface area contributed by atoms with E-state index in [2.05, 4.69) is 0 Å². The van der Waals surface area contributed by atoms with Gasteiger partial charge in [0.15, 0.2) is 0 Å². The normalized spacial score (nSPS) is 11.0. The third kappa shape index (κ3) is 5.16. The molecule has 118 valence electrons. The predicted molar refractivity (Wildman–Crippen MR) is 84.6 cm³/mol. The number of halogens is 2. The van der Waals surface area contributed by atoms with Crippen LogP contribution in [0.25, 0.3) is 0 Å². The van der Waals surface area contributed by atoms with E-state index >= 15 is 0 Å². The summed E-state index contributed by atoms with van der Waals surface area (Å²) in [7, 11) is 0. The molecule has 21 heavy (non-hydrogen) atoms. The second kappa shape index (κ2) is 8.01. The molecule has 0 aromatic carbocycles. The summed E-state index contributed by atoms with van der Waals surface area (Å²) < 4.78 is 10.4. The summed E-state index contributed by atoms with van der Waals surface area (Å²) in [5.74, 6) is -0.901. The fourth-order valence-corrected chi connectivity index (χ4v) is 2.80. The highest BCUT2D eigenvalue weighted by Crippen LogP contribution is 2.37. The summed E-state index contributed by atoms with van der Waals surface area (Å²) in [5.41, 5.74) is -0.0129. The Morgan fingerprint density at radius 2 is 1.48 bits per heavy atom. The first-order valence-corrected chi connectivity index (χ1v) is 8.13. The van der Waals surface area contributed by atoms with Crippen LogP contribution in [0.15, 0.2) is 0 Å². The smallest absolute Gasteiger partial charge is 0.349 e. The van der Waals surface area contributed by atoms with Gasteiger partial charge in [-0.3, -0.25) is 0 Å². The van der Waals surface area contributed by atoms with Crippen LogP contribution in [0.1, 0.15) is 47.7 Å². The molecule has 0 aliphatic heterocycles. The summed E-state index contributed by atoms with van der Waals surface area (Å²) in [6.45, 7) is 8.15. The van der Waals surface area contributed by atoms with Crippen molar-refractivity contribution in [1.29, 1.82) is 0 Å². The zero-order chi connectivity index (χ0) is 16.2. The summed E-state index contributed by atoms with van der Waals surface area (Å²) in [5, 5.41) is 0.0342. The van der Waals surface area contributed by atoms with Crippen LogP contribution in [-0.4, -0.2) is 25.2 Å². The average molecular weight is 353 g/mol. The number of hydrogen-bond donors (Lipinski definition) is 0. The number of esters is 2. The molecule has 0 bridgehead atoms. The van der Waals surface area contributed by atoms with Crippen molar-refractivity contribution in [3.8, 4) is 0 Å². The second-order valence-electron chi connectivity index (χ2n) is 5.38. The van der Waals surface area contributed by atoms with Crippen LogP contribution >= 0.6 is 34.5 Å². The first kappa shape index (κ1) is 18.3. The second-order valence-corrected chi connectivity index (χ2v) is 7.38. The molecule has 0 saturated carbocycles. The highest BCUT2D eigenvalue weighted by atomic mass is 35.5. The minimum atomic E-state index is -0.659. The van der Waals surface area contributed by atoms with Gasteiger partial charge in [0.2, 0.25) is 0 Å². The Hall–Kier alpha value is -0.780.